The van der Waals surface area contributed by atoms with Gasteiger partial charge in [-0.3, -0.25) is 4.72 Å². The molecule has 0 bridgehead atoms. The van der Waals surface area contributed by atoms with Crippen LogP contribution in [0.5, 0.6) is 0 Å². The van der Waals surface area contributed by atoms with Crippen LogP contribution in [0.2, 0.25) is 5.02 Å². The number of nitrogens with two attached hydrogens (primary N) is 1. The average molecular weight is 319 g/mol. The highest BCUT2D eigenvalue weighted by atomic mass is 35.5. The Morgan fingerprint density at radius 1 is 1.32 bits per heavy atom. The molecule has 3 N–H and O–H groups in total. The Bertz CT molecular complexity index is 704. The zero-order valence-corrected chi connectivity index (χ0v) is 12.5. The number of aryl methyl sites for hydroxylation is 1. The number of rotatable bonds is 3. The van der Waals surface area contributed by atoms with Crippen LogP contribution >= 0.6 is 22.9 Å². The van der Waals surface area contributed by atoms with E-state index in [1.54, 1.807) is 13.8 Å². The first-order chi connectivity index (χ1) is 8.79. The normalized spacial score (nSPS) is 11.5. The largest absolute Gasteiger partial charge is 0.398 e. The van der Waals surface area contributed by atoms with Crippen molar-refractivity contribution in [2.24, 2.45) is 0 Å². The molecule has 0 atom stereocenters. The van der Waals surface area contributed by atoms with Gasteiger partial charge in [-0.15, -0.1) is 10.2 Å². The molecule has 1 heterocycles. The van der Waals surface area contributed by atoms with E-state index < -0.39 is 10.0 Å². The summed E-state index contributed by atoms with van der Waals surface area (Å²) in [5.74, 6) is 0. The summed E-state index contributed by atoms with van der Waals surface area (Å²) in [5.41, 5.74) is 6.68. The monoisotopic (exact) mass is 318 g/mol. The lowest BCUT2D eigenvalue weighted by molar-refractivity contribution is 0.601. The number of aromatic nitrogens is 2. The van der Waals surface area contributed by atoms with Crippen LogP contribution in [0, 0.1) is 13.8 Å². The molecule has 6 nitrogen and oxygen atoms in total. The topological polar surface area (TPSA) is 98.0 Å². The van der Waals surface area contributed by atoms with Crippen LogP contribution in [-0.4, -0.2) is 18.6 Å². The molecule has 0 aliphatic rings. The molecule has 0 saturated carbocycles. The molecule has 19 heavy (non-hydrogen) atoms. The van der Waals surface area contributed by atoms with Crippen molar-refractivity contribution in [1.82, 2.24) is 10.2 Å². The quantitative estimate of drug-likeness (QED) is 0.845. The van der Waals surface area contributed by atoms with Crippen LogP contribution in [0.25, 0.3) is 0 Å². The molecule has 0 fully saturated rings. The van der Waals surface area contributed by atoms with Crippen LogP contribution in [-0.2, 0) is 10.0 Å². The van der Waals surface area contributed by atoms with Crippen LogP contribution in [0.15, 0.2) is 17.0 Å². The summed E-state index contributed by atoms with van der Waals surface area (Å²) in [6, 6.07) is 2.71. The number of halogens is 1. The number of nitrogens with zero attached hydrogens (tertiary/aromatic N) is 2. The zero-order chi connectivity index (χ0) is 14.2. The highest BCUT2D eigenvalue weighted by molar-refractivity contribution is 7.93. The number of hydrogen-bond acceptors (Lipinski definition) is 6. The second kappa shape index (κ2) is 4.95. The minimum atomic E-state index is -3.77. The fourth-order valence-corrected chi connectivity index (χ4v) is 3.51. The van der Waals surface area contributed by atoms with Gasteiger partial charge in [0, 0.05) is 10.7 Å². The highest BCUT2D eigenvalue weighted by Gasteiger charge is 2.18. The summed E-state index contributed by atoms with van der Waals surface area (Å²) in [7, 11) is -3.77. The van der Waals surface area contributed by atoms with E-state index in [0.29, 0.717) is 21.3 Å². The fraction of sp³-hybridized carbons (Fsp3) is 0.200. The van der Waals surface area contributed by atoms with E-state index >= 15 is 0 Å². The fourth-order valence-electron chi connectivity index (χ4n) is 1.34. The second-order valence-corrected chi connectivity index (χ2v) is 7.12. The van der Waals surface area contributed by atoms with Crippen molar-refractivity contribution in [3.63, 3.8) is 0 Å². The van der Waals surface area contributed by atoms with Gasteiger partial charge < -0.3 is 5.73 Å². The molecule has 0 saturated heterocycles. The summed E-state index contributed by atoms with van der Waals surface area (Å²) in [6.07, 6.45) is 0. The molecule has 102 valence electrons. The number of nitrogen functional groups attached to an aromatic ring is 1. The van der Waals surface area contributed by atoms with E-state index in [1.807, 2.05) is 0 Å². The van der Waals surface area contributed by atoms with E-state index in [2.05, 4.69) is 14.9 Å². The molecule has 0 aliphatic carbocycles. The van der Waals surface area contributed by atoms with Gasteiger partial charge >= 0.3 is 0 Å². The molecule has 0 aliphatic heterocycles. The van der Waals surface area contributed by atoms with Gasteiger partial charge in [-0.1, -0.05) is 22.9 Å². The molecule has 2 aromatic rings. The number of hydrogen-bond donors (Lipinski definition) is 2. The van der Waals surface area contributed by atoms with Crippen molar-refractivity contribution in [3.05, 3.63) is 27.7 Å². The summed E-state index contributed by atoms with van der Waals surface area (Å²) < 4.78 is 26.6. The minimum Gasteiger partial charge on any atom is -0.398 e. The Labute approximate surface area is 119 Å². The first-order valence-electron chi connectivity index (χ1n) is 5.18. The third-order valence-corrected chi connectivity index (χ3v) is 5.01. The summed E-state index contributed by atoms with van der Waals surface area (Å²) in [5, 5.41) is 8.60. The van der Waals surface area contributed by atoms with E-state index in [4.69, 9.17) is 17.3 Å². The molecule has 1 aromatic heterocycles. The van der Waals surface area contributed by atoms with Gasteiger partial charge in [0.15, 0.2) is 0 Å². The predicted octanol–water partition coefficient (Wildman–Crippen LogP) is 2.19. The number of nitrogens with one attached hydrogen (secondary N) is 1. The molecule has 0 unspecified atom stereocenters. The standard InChI is InChI=1S/C10H11ClN4O2S2/c1-5-8(11)3-7(4-9(5)12)19(16,17)15-10-14-13-6(2)18-10/h3-4H,12H2,1-2H3,(H,14,15). The van der Waals surface area contributed by atoms with E-state index in [0.717, 1.165) is 11.3 Å². The van der Waals surface area contributed by atoms with Crippen molar-refractivity contribution in [2.75, 3.05) is 10.5 Å². The van der Waals surface area contributed by atoms with Crippen LogP contribution in [0.3, 0.4) is 0 Å². The van der Waals surface area contributed by atoms with E-state index in [9.17, 15) is 8.42 Å². The van der Waals surface area contributed by atoms with Crippen molar-refractivity contribution < 1.29 is 8.42 Å². The maximum atomic E-state index is 12.1. The van der Waals surface area contributed by atoms with Gasteiger partial charge in [0.05, 0.1) is 4.90 Å². The zero-order valence-electron chi connectivity index (χ0n) is 10.1. The van der Waals surface area contributed by atoms with Gasteiger partial charge in [-0.05, 0) is 31.5 Å². The Hall–Kier alpha value is -1.38. The first-order valence-corrected chi connectivity index (χ1v) is 7.86. The summed E-state index contributed by atoms with van der Waals surface area (Å²) in [4.78, 5) is -0.00606. The van der Waals surface area contributed by atoms with Crippen LogP contribution < -0.4 is 10.5 Å². The summed E-state index contributed by atoms with van der Waals surface area (Å²) >= 11 is 7.08. The van der Waals surface area contributed by atoms with Gasteiger partial charge in [-0.2, -0.15) is 0 Å². The number of anilines is 2. The maximum absolute atomic E-state index is 12.1. The van der Waals surface area contributed by atoms with E-state index in [-0.39, 0.29) is 10.0 Å². The Balaban J connectivity index is 2.40. The smallest absolute Gasteiger partial charge is 0.263 e. The Morgan fingerprint density at radius 2 is 2.00 bits per heavy atom. The minimum absolute atomic E-state index is 0.00606. The van der Waals surface area contributed by atoms with Crippen molar-refractivity contribution in [3.8, 4) is 0 Å². The SMILES string of the molecule is Cc1nnc(NS(=O)(=O)c2cc(N)c(C)c(Cl)c2)s1. The van der Waals surface area contributed by atoms with E-state index in [1.165, 1.54) is 12.1 Å². The molecule has 0 radical (unpaired) electrons. The van der Waals surface area contributed by atoms with Crippen LogP contribution in [0.1, 0.15) is 10.6 Å². The predicted molar refractivity (Wildman–Crippen MR) is 76.1 cm³/mol. The third kappa shape index (κ3) is 2.96. The van der Waals surface area contributed by atoms with Gasteiger partial charge in [0.2, 0.25) is 5.13 Å². The van der Waals surface area contributed by atoms with Crippen LogP contribution in [0.4, 0.5) is 10.8 Å². The third-order valence-electron chi connectivity index (χ3n) is 2.42. The van der Waals surface area contributed by atoms with Crippen molar-refractivity contribution in [2.45, 2.75) is 18.7 Å². The lowest BCUT2D eigenvalue weighted by Gasteiger charge is -2.08. The highest BCUT2D eigenvalue weighted by Crippen LogP contribution is 2.27. The Morgan fingerprint density at radius 3 is 2.53 bits per heavy atom. The summed E-state index contributed by atoms with van der Waals surface area (Å²) in [6.45, 7) is 3.45. The van der Waals surface area contributed by atoms with Gasteiger partial charge in [0.1, 0.15) is 5.01 Å². The maximum Gasteiger partial charge on any atom is 0.263 e. The van der Waals surface area contributed by atoms with Crippen molar-refractivity contribution in [1.29, 1.82) is 0 Å². The molecular weight excluding hydrogens is 308 g/mol. The molecular formula is C10H11ClN4O2S2. The Kier molecular flexibility index (Phi) is 3.66. The lowest BCUT2D eigenvalue weighted by Crippen LogP contribution is -2.13. The van der Waals surface area contributed by atoms with Gasteiger partial charge in [0.25, 0.3) is 10.0 Å². The molecule has 2 rings (SSSR count). The molecule has 9 heteroatoms. The number of sulfonamides is 1. The second-order valence-electron chi connectivity index (χ2n) is 3.85. The first kappa shape index (κ1) is 14.0. The molecule has 1 aromatic carbocycles. The molecule has 0 spiro atoms. The number of benzene rings is 1. The van der Waals surface area contributed by atoms with Crippen molar-refractivity contribution >= 4 is 43.8 Å². The molecule has 0 amide bonds. The van der Waals surface area contributed by atoms with Gasteiger partial charge in [-0.25, -0.2) is 8.42 Å². The lowest BCUT2D eigenvalue weighted by atomic mass is 10.2. The average Bonchev–Trinajstić information content (AvgIpc) is 2.70.